The molecule has 0 saturated heterocycles. The second-order valence-corrected chi connectivity index (χ2v) is 1.82. The van der Waals surface area contributed by atoms with E-state index in [4.69, 9.17) is 21.8 Å². The van der Waals surface area contributed by atoms with Gasteiger partial charge in [0.05, 0.1) is 0 Å². The van der Waals surface area contributed by atoms with Gasteiger partial charge >= 0.3 is 0 Å². The van der Waals surface area contributed by atoms with E-state index >= 15 is 0 Å². The van der Waals surface area contributed by atoms with Crippen LogP contribution in [0.5, 0.6) is 0 Å². The first-order chi connectivity index (χ1) is 4.81. The van der Waals surface area contributed by atoms with Gasteiger partial charge in [-0.1, -0.05) is 29.8 Å². The van der Waals surface area contributed by atoms with E-state index in [2.05, 4.69) is 0 Å². The molecule has 0 bridgehead atoms. The van der Waals surface area contributed by atoms with Crippen LogP contribution in [0.2, 0.25) is 5.02 Å². The van der Waals surface area contributed by atoms with E-state index in [0.717, 1.165) is 5.02 Å². The third kappa shape index (κ3) is 5.04. The van der Waals surface area contributed by atoms with Crippen molar-refractivity contribution in [3.63, 3.8) is 0 Å². The summed E-state index contributed by atoms with van der Waals surface area (Å²) in [6.07, 6.45) is 0.500. The Labute approximate surface area is 64.0 Å². The van der Waals surface area contributed by atoms with Crippen molar-refractivity contribution in [1.82, 2.24) is 0 Å². The molecule has 0 saturated carbocycles. The van der Waals surface area contributed by atoms with Gasteiger partial charge in [-0.15, -0.1) is 0 Å². The number of carbonyl (C=O) groups excluding carboxylic acids is 1. The SMILES string of the molecule is Clc1ccccc1.[N-]=C=O. The molecular weight excluding hydrogens is 150 g/mol. The number of rotatable bonds is 0. The van der Waals surface area contributed by atoms with Gasteiger partial charge in [0.2, 0.25) is 0 Å². The van der Waals surface area contributed by atoms with E-state index in [0.29, 0.717) is 6.08 Å². The molecule has 0 aromatic heterocycles. The fraction of sp³-hybridized carbons (Fsp3) is 0. The predicted molar refractivity (Wildman–Crippen MR) is 40.5 cm³/mol. The Balaban J connectivity index is 0.000000236. The maximum Gasteiger partial charge on any atom is 0.0405 e. The highest BCUT2D eigenvalue weighted by molar-refractivity contribution is 6.30. The zero-order valence-electron chi connectivity index (χ0n) is 5.12. The Bertz CT molecular complexity index is 204. The summed E-state index contributed by atoms with van der Waals surface area (Å²) in [6.45, 7) is 0. The summed E-state index contributed by atoms with van der Waals surface area (Å²) in [5.41, 5.74) is 0. The van der Waals surface area contributed by atoms with Crippen LogP contribution in [0.1, 0.15) is 0 Å². The molecule has 0 spiro atoms. The van der Waals surface area contributed by atoms with Gasteiger partial charge in [0.15, 0.2) is 0 Å². The summed E-state index contributed by atoms with van der Waals surface area (Å²) >= 11 is 5.54. The van der Waals surface area contributed by atoms with Gasteiger partial charge in [-0.05, 0) is 18.2 Å². The molecular formula is C7H5ClNO-. The molecule has 10 heavy (non-hydrogen) atoms. The van der Waals surface area contributed by atoms with E-state index in [1.807, 2.05) is 30.3 Å². The minimum absolute atomic E-state index is 0.500. The second kappa shape index (κ2) is 6.02. The van der Waals surface area contributed by atoms with Gasteiger partial charge in [-0.2, -0.15) is 0 Å². The highest BCUT2D eigenvalue weighted by atomic mass is 35.5. The average Bonchev–Trinajstić information content (AvgIpc) is 1.91. The Hall–Kier alpha value is -1.11. The number of halogens is 1. The minimum Gasteiger partial charge on any atom is -0.724 e. The predicted octanol–water partition coefficient (Wildman–Crippen LogP) is 2.23. The molecule has 0 radical (unpaired) electrons. The Morgan fingerprint density at radius 2 is 1.70 bits per heavy atom. The summed E-state index contributed by atoms with van der Waals surface area (Å²) in [6, 6.07) is 9.44. The van der Waals surface area contributed by atoms with Gasteiger partial charge in [-0.25, -0.2) is 0 Å². The number of benzene rings is 1. The first-order valence-electron chi connectivity index (χ1n) is 2.53. The molecule has 0 N–H and O–H groups in total. The van der Waals surface area contributed by atoms with Crippen LogP contribution in [0.25, 0.3) is 5.41 Å². The van der Waals surface area contributed by atoms with Crippen LogP contribution in [-0.2, 0) is 4.79 Å². The molecule has 0 atom stereocenters. The number of isocyanates is 1. The van der Waals surface area contributed by atoms with Crippen molar-refractivity contribution in [1.29, 1.82) is 0 Å². The minimum atomic E-state index is 0.500. The fourth-order valence-electron chi connectivity index (χ4n) is 0.415. The van der Waals surface area contributed by atoms with Crippen LogP contribution < -0.4 is 0 Å². The maximum atomic E-state index is 8.24. The molecule has 1 aromatic rings. The summed E-state index contributed by atoms with van der Waals surface area (Å²) in [4.78, 5) is 8.24. The Morgan fingerprint density at radius 1 is 1.30 bits per heavy atom. The lowest BCUT2D eigenvalue weighted by Crippen LogP contribution is -1.55. The summed E-state index contributed by atoms with van der Waals surface area (Å²) in [5.74, 6) is 0. The lowest BCUT2D eigenvalue weighted by Gasteiger charge is -1.80. The molecule has 2 nitrogen and oxygen atoms in total. The van der Waals surface area contributed by atoms with Crippen LogP contribution >= 0.6 is 11.6 Å². The molecule has 0 amide bonds. The van der Waals surface area contributed by atoms with Crippen molar-refractivity contribution in [2.24, 2.45) is 0 Å². The fourth-order valence-corrected chi connectivity index (χ4v) is 0.560. The van der Waals surface area contributed by atoms with Gasteiger partial charge in [0.1, 0.15) is 0 Å². The quantitative estimate of drug-likeness (QED) is 0.417. The zero-order chi connectivity index (χ0) is 7.82. The molecule has 0 unspecified atom stereocenters. The van der Waals surface area contributed by atoms with Crippen molar-refractivity contribution < 1.29 is 4.79 Å². The van der Waals surface area contributed by atoms with E-state index in [1.54, 1.807) is 0 Å². The van der Waals surface area contributed by atoms with Crippen molar-refractivity contribution >= 4 is 17.7 Å². The second-order valence-electron chi connectivity index (χ2n) is 1.39. The van der Waals surface area contributed by atoms with Gasteiger partial charge in [-0.3, -0.25) is 4.79 Å². The van der Waals surface area contributed by atoms with E-state index in [9.17, 15) is 0 Å². The number of nitrogens with zero attached hydrogens (tertiary/aromatic N) is 1. The van der Waals surface area contributed by atoms with E-state index in [-0.39, 0.29) is 0 Å². The molecule has 1 aromatic carbocycles. The topological polar surface area (TPSA) is 39.4 Å². The lowest BCUT2D eigenvalue weighted by atomic mass is 10.4. The molecule has 0 aliphatic carbocycles. The third-order valence-corrected chi connectivity index (χ3v) is 0.985. The first kappa shape index (κ1) is 8.89. The Kier molecular flexibility index (Phi) is 5.35. The van der Waals surface area contributed by atoms with Gasteiger partial charge in [0.25, 0.3) is 0 Å². The Morgan fingerprint density at radius 3 is 1.90 bits per heavy atom. The smallest absolute Gasteiger partial charge is 0.0405 e. The number of hydrogen-bond donors (Lipinski definition) is 0. The summed E-state index contributed by atoms with van der Waals surface area (Å²) in [7, 11) is 0. The first-order valence-corrected chi connectivity index (χ1v) is 2.91. The highest BCUT2D eigenvalue weighted by Crippen LogP contribution is 2.03. The molecule has 3 heteroatoms. The molecule has 0 heterocycles. The molecule has 0 aliphatic rings. The molecule has 0 fully saturated rings. The lowest BCUT2D eigenvalue weighted by molar-refractivity contribution is 0.569. The van der Waals surface area contributed by atoms with Gasteiger partial charge < -0.3 is 5.41 Å². The van der Waals surface area contributed by atoms with Crippen molar-refractivity contribution in [2.75, 3.05) is 0 Å². The standard InChI is InChI=1S/C6H5Cl.CNO/c7-6-4-2-1-3-5-6;2-1-3/h1-5H;/q;-1. The van der Waals surface area contributed by atoms with Crippen molar-refractivity contribution in [3.05, 3.63) is 40.8 Å². The van der Waals surface area contributed by atoms with Crippen molar-refractivity contribution in [2.45, 2.75) is 0 Å². The van der Waals surface area contributed by atoms with E-state index < -0.39 is 0 Å². The number of hydrogen-bond acceptors (Lipinski definition) is 1. The normalized spacial score (nSPS) is 6.90. The van der Waals surface area contributed by atoms with Crippen LogP contribution in [0.15, 0.2) is 30.3 Å². The molecule has 1 rings (SSSR count). The summed E-state index contributed by atoms with van der Waals surface area (Å²) < 4.78 is 0. The monoisotopic (exact) mass is 154 g/mol. The molecule has 52 valence electrons. The van der Waals surface area contributed by atoms with Crippen LogP contribution in [0, 0.1) is 0 Å². The average molecular weight is 155 g/mol. The van der Waals surface area contributed by atoms with Crippen LogP contribution in [-0.4, -0.2) is 6.08 Å². The zero-order valence-corrected chi connectivity index (χ0v) is 5.88. The third-order valence-electron chi connectivity index (χ3n) is 0.733. The largest absolute Gasteiger partial charge is 0.724 e. The maximum absolute atomic E-state index is 8.24. The van der Waals surface area contributed by atoms with E-state index in [1.165, 1.54) is 0 Å². The highest BCUT2D eigenvalue weighted by Gasteiger charge is 1.74. The summed E-state index contributed by atoms with van der Waals surface area (Å²) in [5, 5.41) is 7.56. The van der Waals surface area contributed by atoms with Crippen LogP contribution in [0.3, 0.4) is 0 Å². The van der Waals surface area contributed by atoms with Gasteiger partial charge in [0, 0.05) is 5.02 Å². The van der Waals surface area contributed by atoms with Crippen molar-refractivity contribution in [3.8, 4) is 0 Å². The van der Waals surface area contributed by atoms with Crippen LogP contribution in [0.4, 0.5) is 0 Å². The molecule has 0 aliphatic heterocycles.